The summed E-state index contributed by atoms with van der Waals surface area (Å²) in [5.41, 5.74) is 0. The maximum Gasteiger partial charge on any atom is 0.409 e. The number of cyclic esters (lactones) is 1. The minimum absolute atomic E-state index is 0.110. The van der Waals surface area contributed by atoms with E-state index in [1.807, 2.05) is 18.2 Å². The number of allylic oxidation sites excluding steroid dienone is 1. The highest BCUT2D eigenvalue weighted by molar-refractivity contribution is 6.14. The monoisotopic (exact) mass is 421 g/mol. The van der Waals surface area contributed by atoms with Crippen molar-refractivity contribution in [3.63, 3.8) is 0 Å². The first-order valence-electron chi connectivity index (χ1n) is 8.94. The van der Waals surface area contributed by atoms with Gasteiger partial charge in [-0.3, -0.25) is 4.79 Å². The summed E-state index contributed by atoms with van der Waals surface area (Å²) in [5, 5.41) is 0. The number of rotatable bonds is 6. The molecule has 0 radical (unpaired) electrons. The van der Waals surface area contributed by atoms with E-state index in [1.165, 1.54) is 0 Å². The van der Waals surface area contributed by atoms with Gasteiger partial charge in [0, 0.05) is 6.08 Å². The number of ether oxygens (including phenoxy) is 3. The quantitative estimate of drug-likeness (QED) is 0.424. The van der Waals surface area contributed by atoms with Crippen LogP contribution in [0.1, 0.15) is 26.2 Å². The summed E-state index contributed by atoms with van der Waals surface area (Å²) in [5.74, 6) is 0.0546. The second-order valence-corrected chi connectivity index (χ2v) is 6.66. The molecule has 0 unspecified atom stereocenters. The molecule has 0 saturated carbocycles. The zero-order chi connectivity index (χ0) is 20.6. The maximum atomic E-state index is 12.3. The van der Waals surface area contributed by atoms with Crippen LogP contribution in [0.4, 0.5) is 13.2 Å². The lowest BCUT2D eigenvalue weighted by molar-refractivity contribution is -0.161. The number of esters is 1. The van der Waals surface area contributed by atoms with Crippen molar-refractivity contribution in [2.24, 2.45) is 0 Å². The number of nitrogens with one attached hydrogen (secondary N) is 1. The van der Waals surface area contributed by atoms with Gasteiger partial charge >= 0.3 is 12.1 Å². The Kier molecular flexibility index (Phi) is 8.59. The van der Waals surface area contributed by atoms with Crippen molar-refractivity contribution in [1.29, 1.82) is 0 Å². The fraction of sp³-hybridized carbons (Fsp3) is 0.526. The van der Waals surface area contributed by atoms with Crippen molar-refractivity contribution in [3.05, 3.63) is 42.5 Å². The second kappa shape index (κ2) is 10.7. The van der Waals surface area contributed by atoms with E-state index >= 15 is 0 Å². The summed E-state index contributed by atoms with van der Waals surface area (Å²) in [7, 11) is 0. The molecule has 1 aliphatic rings. The van der Waals surface area contributed by atoms with Crippen LogP contribution < -0.4 is 9.57 Å². The van der Waals surface area contributed by atoms with Gasteiger partial charge < -0.3 is 14.2 Å². The van der Waals surface area contributed by atoms with Crippen LogP contribution in [0.25, 0.3) is 0 Å². The number of halogens is 4. The van der Waals surface area contributed by atoms with Gasteiger partial charge in [0.25, 0.3) is 0 Å². The van der Waals surface area contributed by atoms with Gasteiger partial charge in [-0.2, -0.15) is 13.2 Å². The molecule has 0 amide bonds. The summed E-state index contributed by atoms with van der Waals surface area (Å²) in [4.78, 5) is 14.6. The van der Waals surface area contributed by atoms with Crippen LogP contribution in [0.15, 0.2) is 42.5 Å². The third kappa shape index (κ3) is 7.33. The third-order valence-electron chi connectivity index (χ3n) is 4.25. The Morgan fingerprint density at radius 3 is 2.64 bits per heavy atom. The summed E-state index contributed by atoms with van der Waals surface area (Å²) >= 11 is 5.62. The van der Waals surface area contributed by atoms with Gasteiger partial charge in [0.1, 0.15) is 30.1 Å². The van der Waals surface area contributed by atoms with Crippen LogP contribution in [0, 0.1) is 0 Å². The van der Waals surface area contributed by atoms with Gasteiger partial charge in [-0.05, 0) is 50.1 Å². The normalized spacial score (nSPS) is 27.0. The molecule has 1 aromatic rings. The first-order chi connectivity index (χ1) is 13.3. The van der Waals surface area contributed by atoms with Gasteiger partial charge in [0.2, 0.25) is 0 Å². The van der Waals surface area contributed by atoms with E-state index in [-0.39, 0.29) is 12.7 Å². The minimum atomic E-state index is -4.42. The zero-order valence-electron chi connectivity index (χ0n) is 15.3. The molecule has 1 saturated heterocycles. The number of alkyl halides is 3. The second-order valence-electron chi connectivity index (χ2n) is 6.45. The molecule has 1 aliphatic heterocycles. The van der Waals surface area contributed by atoms with Gasteiger partial charge in [-0.15, -0.1) is 0 Å². The van der Waals surface area contributed by atoms with Crippen molar-refractivity contribution < 1.29 is 32.2 Å². The predicted molar refractivity (Wildman–Crippen MR) is 98.0 cm³/mol. The maximum absolute atomic E-state index is 12.3. The number of hydrogen-bond donors (Lipinski definition) is 1. The Balaban J connectivity index is 2.16. The van der Waals surface area contributed by atoms with Crippen LogP contribution in [-0.4, -0.2) is 43.1 Å². The summed E-state index contributed by atoms with van der Waals surface area (Å²) in [6.45, 7) is 1.33. The van der Waals surface area contributed by atoms with Crippen molar-refractivity contribution in [2.75, 3.05) is 6.61 Å². The Hall–Kier alpha value is -1.77. The van der Waals surface area contributed by atoms with E-state index in [0.29, 0.717) is 25.0 Å². The molecule has 4 atom stereocenters. The summed E-state index contributed by atoms with van der Waals surface area (Å²) in [6, 6.07) is 8.32. The number of carbonyl (C=O) groups is 1. The molecule has 0 bridgehead atoms. The highest BCUT2D eigenvalue weighted by Gasteiger charge is 2.35. The van der Waals surface area contributed by atoms with Gasteiger partial charge in [-0.25, -0.2) is 4.84 Å². The molecular weight excluding hydrogens is 399 g/mol. The Morgan fingerprint density at radius 2 is 2.00 bits per heavy atom. The van der Waals surface area contributed by atoms with Gasteiger partial charge in [0.15, 0.2) is 0 Å². The molecule has 0 spiro atoms. The smallest absolute Gasteiger partial charge is 0.409 e. The Morgan fingerprint density at radius 1 is 1.29 bits per heavy atom. The van der Waals surface area contributed by atoms with Gasteiger partial charge in [0.05, 0.1) is 6.61 Å². The van der Waals surface area contributed by atoms with Crippen LogP contribution >= 0.6 is 11.8 Å². The number of hydrogen-bond acceptors (Lipinski definition) is 5. The molecular formula is C19H23ClF3NO4. The van der Waals surface area contributed by atoms with Crippen molar-refractivity contribution >= 4 is 17.7 Å². The molecule has 0 aliphatic carbocycles. The highest BCUT2D eigenvalue weighted by atomic mass is 35.5. The minimum Gasteiger partial charge on any atom is -0.488 e. The fourth-order valence-electron chi connectivity index (χ4n) is 2.93. The lowest BCUT2D eigenvalue weighted by atomic mass is 10.0. The van der Waals surface area contributed by atoms with E-state index < -0.39 is 36.5 Å². The lowest BCUT2D eigenvalue weighted by Gasteiger charge is -2.31. The Bertz CT molecular complexity index is 642. The molecule has 1 N–H and O–H groups in total. The molecule has 1 fully saturated rings. The molecule has 1 aromatic carbocycles. The number of benzene rings is 1. The van der Waals surface area contributed by atoms with Crippen LogP contribution in [0.2, 0.25) is 0 Å². The number of para-hydroxylation sites is 1. The SMILES string of the molecule is C[C@@H]1OC(=O)[C@@H](NCl)CCC[C@H](Oc2ccccc2)[C@H]1OC/C=C/C(F)(F)F. The molecule has 1 heterocycles. The van der Waals surface area contributed by atoms with Crippen molar-refractivity contribution in [1.82, 2.24) is 4.84 Å². The standard InChI is InChI=1S/C19H23ClF3NO4/c1-13-17(26-12-6-11-19(21,22)23)16(28-14-7-3-2-4-8-14)10-5-9-15(24-20)18(25)27-13/h2-4,6-8,11,13,15-17,24H,5,9-10,12H2,1H3/b11-6+/t13-,15-,16-,17-/m0/s1. The highest BCUT2D eigenvalue weighted by Crippen LogP contribution is 2.24. The van der Waals surface area contributed by atoms with E-state index in [4.69, 9.17) is 26.0 Å². The van der Waals surface area contributed by atoms with Gasteiger partial charge in [-0.1, -0.05) is 24.3 Å². The van der Waals surface area contributed by atoms with E-state index in [1.54, 1.807) is 19.1 Å². The molecule has 5 nitrogen and oxygen atoms in total. The number of carbonyl (C=O) groups excluding carboxylic acids is 1. The van der Waals surface area contributed by atoms with E-state index in [2.05, 4.69) is 4.84 Å². The molecule has 0 aromatic heterocycles. The van der Waals surface area contributed by atoms with E-state index in [9.17, 15) is 18.0 Å². The van der Waals surface area contributed by atoms with Crippen LogP contribution in [0.5, 0.6) is 5.75 Å². The predicted octanol–water partition coefficient (Wildman–Crippen LogP) is 4.17. The average Bonchev–Trinajstić information content (AvgIpc) is 2.68. The fourth-order valence-corrected chi connectivity index (χ4v) is 3.13. The average molecular weight is 422 g/mol. The lowest BCUT2D eigenvalue weighted by Crippen LogP contribution is -2.44. The van der Waals surface area contributed by atoms with E-state index in [0.717, 1.165) is 6.08 Å². The molecule has 2 rings (SSSR count). The first kappa shape index (κ1) is 22.5. The third-order valence-corrected chi connectivity index (χ3v) is 4.51. The molecule has 9 heteroatoms. The zero-order valence-corrected chi connectivity index (χ0v) is 16.1. The first-order valence-corrected chi connectivity index (χ1v) is 9.32. The topological polar surface area (TPSA) is 56.8 Å². The Labute approximate surface area is 166 Å². The van der Waals surface area contributed by atoms with Crippen molar-refractivity contribution in [3.8, 4) is 5.75 Å². The summed E-state index contributed by atoms with van der Waals surface area (Å²) in [6.07, 6.45) is -3.91. The molecule has 156 valence electrons. The van der Waals surface area contributed by atoms with Crippen LogP contribution in [0.3, 0.4) is 0 Å². The molecule has 28 heavy (non-hydrogen) atoms. The largest absolute Gasteiger partial charge is 0.488 e. The van der Waals surface area contributed by atoms with Crippen LogP contribution in [-0.2, 0) is 14.3 Å². The van der Waals surface area contributed by atoms with Crippen molar-refractivity contribution in [2.45, 2.75) is 56.7 Å². The summed E-state index contributed by atoms with van der Waals surface area (Å²) < 4.78 is 54.0.